The van der Waals surface area contributed by atoms with Crippen LogP contribution in [0.4, 0.5) is 10.5 Å². The number of nitrogens with one attached hydrogen (secondary N) is 1. The fourth-order valence-electron chi connectivity index (χ4n) is 4.43. The molecule has 0 aromatic heterocycles. The van der Waals surface area contributed by atoms with Gasteiger partial charge in [0.1, 0.15) is 0 Å². The Morgan fingerprint density at radius 3 is 2.82 bits per heavy atom. The number of para-hydroxylation sites is 1. The number of hydrogen-bond donors (Lipinski definition) is 2. The van der Waals surface area contributed by atoms with Crippen molar-refractivity contribution in [3.05, 3.63) is 29.8 Å². The van der Waals surface area contributed by atoms with E-state index >= 15 is 0 Å². The Hall–Kier alpha value is -2.28. The molecule has 2 unspecified atom stereocenters. The molecule has 2 atom stereocenters. The molecule has 2 N–H and O–H groups in total. The molecular weight excluding hydrogens is 356 g/mol. The van der Waals surface area contributed by atoms with Crippen LogP contribution in [-0.4, -0.2) is 78.8 Å². The molecule has 7 heteroatoms. The minimum absolute atomic E-state index is 0.0123. The molecular formula is C21H32N4O3. The van der Waals surface area contributed by atoms with Gasteiger partial charge in [-0.15, -0.1) is 0 Å². The van der Waals surface area contributed by atoms with E-state index in [1.54, 1.807) is 0 Å². The first-order valence-corrected chi connectivity index (χ1v) is 10.2. The zero-order valence-corrected chi connectivity index (χ0v) is 16.9. The summed E-state index contributed by atoms with van der Waals surface area (Å²) in [4.78, 5) is 29.6. The highest BCUT2D eigenvalue weighted by Gasteiger charge is 2.26. The standard InChI is InChI=1S/C21H32N4O3/c1-16-14-17-6-3-4-8-19(17)25(16)13-10-22-21(28)24-11-5-7-18(9-12-24)23(2)15-20(26)27/h3-4,6,8,16,18H,5,7,9-15H2,1-2H3,(H,22,28)(H,26,27). The largest absolute Gasteiger partial charge is 0.480 e. The molecule has 28 heavy (non-hydrogen) atoms. The van der Waals surface area contributed by atoms with Gasteiger partial charge in [0.2, 0.25) is 0 Å². The molecule has 1 aromatic rings. The number of aliphatic carboxylic acids is 1. The van der Waals surface area contributed by atoms with Gasteiger partial charge in [-0.2, -0.15) is 0 Å². The van der Waals surface area contributed by atoms with Crippen LogP contribution in [0.25, 0.3) is 0 Å². The second kappa shape index (κ2) is 9.28. The average molecular weight is 389 g/mol. The van der Waals surface area contributed by atoms with E-state index in [0.717, 1.165) is 38.8 Å². The van der Waals surface area contributed by atoms with Crippen LogP contribution in [-0.2, 0) is 11.2 Å². The average Bonchev–Trinajstić information content (AvgIpc) is 2.83. The summed E-state index contributed by atoms with van der Waals surface area (Å²) in [7, 11) is 1.85. The van der Waals surface area contributed by atoms with E-state index < -0.39 is 5.97 Å². The van der Waals surface area contributed by atoms with Crippen LogP contribution < -0.4 is 10.2 Å². The monoisotopic (exact) mass is 388 g/mol. The predicted octanol–water partition coefficient (Wildman–Crippen LogP) is 2.02. The number of likely N-dealkylation sites (N-methyl/N-ethyl adjacent to an activating group) is 1. The number of nitrogens with zero attached hydrogens (tertiary/aromatic N) is 3. The summed E-state index contributed by atoms with van der Waals surface area (Å²) in [5.74, 6) is -0.806. The summed E-state index contributed by atoms with van der Waals surface area (Å²) in [6, 6.07) is 9.15. The topological polar surface area (TPSA) is 76.1 Å². The highest BCUT2D eigenvalue weighted by molar-refractivity contribution is 5.74. The van der Waals surface area contributed by atoms with E-state index in [1.165, 1.54) is 11.3 Å². The van der Waals surface area contributed by atoms with Gasteiger partial charge in [0.15, 0.2) is 0 Å². The molecule has 0 bridgehead atoms. The number of carbonyl (C=O) groups is 2. The van der Waals surface area contributed by atoms with Crippen molar-refractivity contribution in [2.45, 2.75) is 44.7 Å². The summed E-state index contributed by atoms with van der Waals surface area (Å²) >= 11 is 0. The molecule has 2 aliphatic rings. The number of carboxylic acids is 1. The van der Waals surface area contributed by atoms with Crippen molar-refractivity contribution >= 4 is 17.7 Å². The molecule has 1 aromatic carbocycles. The maximum atomic E-state index is 12.6. The van der Waals surface area contributed by atoms with Gasteiger partial charge in [-0.25, -0.2) is 4.79 Å². The Morgan fingerprint density at radius 1 is 1.25 bits per heavy atom. The summed E-state index contributed by atoms with van der Waals surface area (Å²) < 4.78 is 0. The Balaban J connectivity index is 1.45. The molecule has 1 fully saturated rings. The Kier molecular flexibility index (Phi) is 6.78. The Labute approximate surface area is 167 Å². The van der Waals surface area contributed by atoms with E-state index in [0.29, 0.717) is 19.1 Å². The minimum atomic E-state index is -0.806. The van der Waals surface area contributed by atoms with Crippen LogP contribution in [0.1, 0.15) is 31.7 Å². The number of urea groups is 1. The number of anilines is 1. The lowest BCUT2D eigenvalue weighted by Crippen LogP contribution is -2.44. The van der Waals surface area contributed by atoms with Gasteiger partial charge in [0.05, 0.1) is 6.54 Å². The molecule has 0 radical (unpaired) electrons. The first-order chi connectivity index (χ1) is 13.5. The number of carboxylic acid groups (broad SMARTS) is 1. The quantitative estimate of drug-likeness (QED) is 0.780. The SMILES string of the molecule is CC1Cc2ccccc2N1CCNC(=O)N1CCCC(N(C)CC(=O)O)CC1. The van der Waals surface area contributed by atoms with Gasteiger partial charge in [-0.3, -0.25) is 9.69 Å². The molecule has 0 spiro atoms. The van der Waals surface area contributed by atoms with Gasteiger partial charge in [0, 0.05) is 44.0 Å². The van der Waals surface area contributed by atoms with Crippen molar-refractivity contribution in [2.24, 2.45) is 0 Å². The van der Waals surface area contributed by atoms with Crippen LogP contribution in [0.5, 0.6) is 0 Å². The minimum Gasteiger partial charge on any atom is -0.480 e. The van der Waals surface area contributed by atoms with Crippen LogP contribution >= 0.6 is 0 Å². The van der Waals surface area contributed by atoms with Crippen molar-refractivity contribution < 1.29 is 14.7 Å². The van der Waals surface area contributed by atoms with Gasteiger partial charge in [-0.1, -0.05) is 18.2 Å². The van der Waals surface area contributed by atoms with E-state index in [-0.39, 0.29) is 18.6 Å². The normalized spacial score (nSPS) is 22.1. The lowest BCUT2D eigenvalue weighted by molar-refractivity contribution is -0.138. The lowest BCUT2D eigenvalue weighted by atomic mass is 10.1. The van der Waals surface area contributed by atoms with Crippen LogP contribution in [0, 0.1) is 0 Å². The second-order valence-electron chi connectivity index (χ2n) is 7.99. The summed E-state index contributed by atoms with van der Waals surface area (Å²) in [6.07, 6.45) is 3.70. The van der Waals surface area contributed by atoms with Crippen LogP contribution in [0.15, 0.2) is 24.3 Å². The van der Waals surface area contributed by atoms with Crippen molar-refractivity contribution in [3.63, 3.8) is 0 Å². The summed E-state index contributed by atoms with van der Waals surface area (Å²) in [5.41, 5.74) is 2.66. The molecule has 0 aliphatic carbocycles. The zero-order chi connectivity index (χ0) is 20.1. The van der Waals surface area contributed by atoms with Crippen LogP contribution in [0.3, 0.4) is 0 Å². The number of benzene rings is 1. The Morgan fingerprint density at radius 2 is 2.04 bits per heavy atom. The zero-order valence-electron chi connectivity index (χ0n) is 16.9. The fourth-order valence-corrected chi connectivity index (χ4v) is 4.43. The fraction of sp³-hybridized carbons (Fsp3) is 0.619. The van der Waals surface area contributed by atoms with Crippen molar-refractivity contribution in [2.75, 3.05) is 44.7 Å². The highest BCUT2D eigenvalue weighted by Crippen LogP contribution is 2.31. The molecule has 2 amide bonds. The van der Waals surface area contributed by atoms with E-state index in [2.05, 4.69) is 41.4 Å². The number of hydrogen-bond acceptors (Lipinski definition) is 4. The number of carbonyl (C=O) groups excluding carboxylic acids is 1. The van der Waals surface area contributed by atoms with Crippen molar-refractivity contribution in [3.8, 4) is 0 Å². The smallest absolute Gasteiger partial charge is 0.317 e. The molecule has 7 nitrogen and oxygen atoms in total. The number of likely N-dealkylation sites (tertiary alicyclic amines) is 1. The predicted molar refractivity (Wildman–Crippen MR) is 110 cm³/mol. The number of fused-ring (bicyclic) bond motifs is 1. The third-order valence-electron chi connectivity index (χ3n) is 5.97. The molecule has 0 saturated carbocycles. The third-order valence-corrected chi connectivity index (χ3v) is 5.97. The van der Waals surface area contributed by atoms with Gasteiger partial charge < -0.3 is 20.2 Å². The van der Waals surface area contributed by atoms with Crippen LogP contribution in [0.2, 0.25) is 0 Å². The van der Waals surface area contributed by atoms with Crippen molar-refractivity contribution in [1.29, 1.82) is 0 Å². The van der Waals surface area contributed by atoms with E-state index in [9.17, 15) is 9.59 Å². The molecule has 154 valence electrons. The van der Waals surface area contributed by atoms with Crippen molar-refractivity contribution in [1.82, 2.24) is 15.1 Å². The first-order valence-electron chi connectivity index (χ1n) is 10.2. The summed E-state index contributed by atoms with van der Waals surface area (Å²) in [6.45, 7) is 5.10. The summed E-state index contributed by atoms with van der Waals surface area (Å²) in [5, 5.41) is 12.0. The highest BCUT2D eigenvalue weighted by atomic mass is 16.4. The maximum Gasteiger partial charge on any atom is 0.317 e. The maximum absolute atomic E-state index is 12.6. The van der Waals surface area contributed by atoms with Gasteiger partial charge >= 0.3 is 12.0 Å². The van der Waals surface area contributed by atoms with Gasteiger partial charge in [-0.05, 0) is 51.3 Å². The molecule has 2 aliphatic heterocycles. The number of amides is 2. The second-order valence-corrected chi connectivity index (χ2v) is 7.99. The lowest BCUT2D eigenvalue weighted by Gasteiger charge is -2.27. The Bertz CT molecular complexity index is 696. The number of rotatable bonds is 6. The third kappa shape index (κ3) is 4.95. The first kappa shape index (κ1) is 20.5. The molecule has 3 rings (SSSR count). The van der Waals surface area contributed by atoms with Gasteiger partial charge in [0.25, 0.3) is 0 Å². The van der Waals surface area contributed by atoms with E-state index in [1.807, 2.05) is 16.8 Å². The van der Waals surface area contributed by atoms with E-state index in [4.69, 9.17) is 5.11 Å². The molecule has 1 saturated heterocycles. The molecule has 2 heterocycles.